The number of amides is 1. The van der Waals surface area contributed by atoms with Crippen LogP contribution in [0.1, 0.15) is 27.3 Å². The maximum Gasteiger partial charge on any atom is 0.259 e. The zero-order chi connectivity index (χ0) is 13.1. The fourth-order valence-electron chi connectivity index (χ4n) is 1.84. The van der Waals surface area contributed by atoms with Crippen LogP contribution in [-0.2, 0) is 0 Å². The minimum absolute atomic E-state index is 0.170. The molecule has 2 rings (SSSR count). The van der Waals surface area contributed by atoms with Crippen molar-refractivity contribution in [1.29, 1.82) is 0 Å². The third-order valence-electron chi connectivity index (χ3n) is 2.73. The van der Waals surface area contributed by atoms with Crippen molar-refractivity contribution in [1.82, 2.24) is 9.97 Å². The second-order valence-corrected chi connectivity index (χ2v) is 4.24. The van der Waals surface area contributed by atoms with Gasteiger partial charge in [-0.05, 0) is 38.5 Å². The van der Waals surface area contributed by atoms with Gasteiger partial charge in [-0.1, -0.05) is 12.1 Å². The van der Waals surface area contributed by atoms with E-state index >= 15 is 0 Å². The molecule has 0 fully saturated rings. The molecule has 0 unspecified atom stereocenters. The summed E-state index contributed by atoms with van der Waals surface area (Å²) < 4.78 is 0. The first-order valence-corrected chi connectivity index (χ1v) is 5.74. The van der Waals surface area contributed by atoms with Crippen molar-refractivity contribution in [2.45, 2.75) is 20.8 Å². The number of rotatable bonds is 2. The number of aromatic nitrogens is 2. The van der Waals surface area contributed by atoms with E-state index in [-0.39, 0.29) is 5.91 Å². The second kappa shape index (κ2) is 4.96. The number of anilines is 1. The highest BCUT2D eigenvalue weighted by Gasteiger charge is 2.13. The Bertz CT molecular complexity index is 573. The van der Waals surface area contributed by atoms with E-state index in [0.29, 0.717) is 17.0 Å². The molecule has 4 heteroatoms. The summed E-state index contributed by atoms with van der Waals surface area (Å²) in [5.41, 5.74) is 3.80. The van der Waals surface area contributed by atoms with E-state index < -0.39 is 0 Å². The van der Waals surface area contributed by atoms with Gasteiger partial charge in [-0.15, -0.1) is 0 Å². The van der Waals surface area contributed by atoms with E-state index in [2.05, 4.69) is 15.3 Å². The van der Waals surface area contributed by atoms with Crippen molar-refractivity contribution >= 4 is 11.6 Å². The Labute approximate surface area is 106 Å². The van der Waals surface area contributed by atoms with Crippen LogP contribution in [-0.4, -0.2) is 15.9 Å². The van der Waals surface area contributed by atoms with Gasteiger partial charge in [0.2, 0.25) is 0 Å². The van der Waals surface area contributed by atoms with Gasteiger partial charge in [0.25, 0.3) is 5.91 Å². The van der Waals surface area contributed by atoms with Gasteiger partial charge in [0.05, 0.1) is 17.0 Å². The maximum atomic E-state index is 12.2. The molecular weight excluding hydrogens is 226 g/mol. The molecule has 0 spiro atoms. The molecule has 0 bridgehead atoms. The molecule has 0 radical (unpaired) electrons. The number of nitrogens with zero attached hydrogens (tertiary/aromatic N) is 2. The molecule has 1 amide bonds. The number of carbonyl (C=O) groups excluding carboxylic acids is 1. The quantitative estimate of drug-likeness (QED) is 0.879. The van der Waals surface area contributed by atoms with E-state index in [1.807, 2.05) is 31.2 Å². The summed E-state index contributed by atoms with van der Waals surface area (Å²) in [6.07, 6.45) is 1.47. The Morgan fingerprint density at radius 2 is 1.78 bits per heavy atom. The van der Waals surface area contributed by atoms with Crippen molar-refractivity contribution in [3.8, 4) is 0 Å². The third-order valence-corrected chi connectivity index (χ3v) is 2.73. The Morgan fingerprint density at radius 3 is 2.39 bits per heavy atom. The highest BCUT2D eigenvalue weighted by atomic mass is 16.1. The second-order valence-electron chi connectivity index (χ2n) is 4.24. The van der Waals surface area contributed by atoms with E-state index in [4.69, 9.17) is 0 Å². The summed E-state index contributed by atoms with van der Waals surface area (Å²) in [5.74, 6) is -0.170. The lowest BCUT2D eigenvalue weighted by molar-refractivity contribution is 0.102. The highest BCUT2D eigenvalue weighted by molar-refractivity contribution is 6.05. The molecule has 1 aromatic heterocycles. The van der Waals surface area contributed by atoms with Crippen LogP contribution in [0.5, 0.6) is 0 Å². The van der Waals surface area contributed by atoms with Gasteiger partial charge in [0.15, 0.2) is 0 Å². The van der Waals surface area contributed by atoms with Crippen LogP contribution in [0.2, 0.25) is 0 Å². The highest BCUT2D eigenvalue weighted by Crippen LogP contribution is 2.14. The summed E-state index contributed by atoms with van der Waals surface area (Å²) in [5, 5.41) is 2.86. The number of hydrogen-bond donors (Lipinski definition) is 1. The van der Waals surface area contributed by atoms with Crippen LogP contribution >= 0.6 is 0 Å². The standard InChI is InChI=1S/C14H15N3O/c1-9-5-4-6-12(7-9)17-14(18)13-10(2)15-8-16-11(13)3/h4-8H,1-3H3,(H,17,18). The number of aryl methyl sites for hydroxylation is 3. The van der Waals surface area contributed by atoms with Gasteiger partial charge < -0.3 is 5.32 Å². The Kier molecular flexibility index (Phi) is 3.37. The zero-order valence-electron chi connectivity index (χ0n) is 10.7. The number of hydrogen-bond acceptors (Lipinski definition) is 3. The predicted molar refractivity (Wildman–Crippen MR) is 70.6 cm³/mol. The van der Waals surface area contributed by atoms with Gasteiger partial charge in [0.1, 0.15) is 6.33 Å². The van der Waals surface area contributed by atoms with Crippen molar-refractivity contribution in [2.24, 2.45) is 0 Å². The first-order valence-electron chi connectivity index (χ1n) is 5.74. The first-order chi connectivity index (χ1) is 8.58. The van der Waals surface area contributed by atoms with Gasteiger partial charge in [0, 0.05) is 5.69 Å². The fraction of sp³-hybridized carbons (Fsp3) is 0.214. The molecule has 0 saturated carbocycles. The topological polar surface area (TPSA) is 54.9 Å². The average Bonchev–Trinajstić information content (AvgIpc) is 2.28. The number of nitrogens with one attached hydrogen (secondary N) is 1. The molecule has 0 aliphatic carbocycles. The maximum absolute atomic E-state index is 12.2. The molecule has 1 heterocycles. The number of benzene rings is 1. The zero-order valence-corrected chi connectivity index (χ0v) is 10.7. The molecule has 92 valence electrons. The Balaban J connectivity index is 2.28. The number of carbonyl (C=O) groups is 1. The van der Waals surface area contributed by atoms with Crippen LogP contribution in [0, 0.1) is 20.8 Å². The molecule has 2 aromatic rings. The van der Waals surface area contributed by atoms with Crippen molar-refractivity contribution in [2.75, 3.05) is 5.32 Å². The Morgan fingerprint density at radius 1 is 1.11 bits per heavy atom. The average molecular weight is 241 g/mol. The van der Waals surface area contributed by atoms with Crippen LogP contribution in [0.3, 0.4) is 0 Å². The third kappa shape index (κ3) is 2.53. The van der Waals surface area contributed by atoms with Crippen molar-refractivity contribution in [3.05, 3.63) is 53.1 Å². The van der Waals surface area contributed by atoms with Crippen LogP contribution in [0.15, 0.2) is 30.6 Å². The van der Waals surface area contributed by atoms with Crippen molar-refractivity contribution in [3.63, 3.8) is 0 Å². The normalized spacial score (nSPS) is 10.2. The molecule has 1 aromatic carbocycles. The minimum atomic E-state index is -0.170. The molecule has 0 aliphatic rings. The molecule has 18 heavy (non-hydrogen) atoms. The Hall–Kier alpha value is -2.23. The van der Waals surface area contributed by atoms with E-state index in [9.17, 15) is 4.79 Å². The van der Waals surface area contributed by atoms with Crippen LogP contribution < -0.4 is 5.32 Å². The van der Waals surface area contributed by atoms with E-state index in [1.54, 1.807) is 13.8 Å². The minimum Gasteiger partial charge on any atom is -0.322 e. The molecular formula is C14H15N3O. The smallest absolute Gasteiger partial charge is 0.259 e. The van der Waals surface area contributed by atoms with E-state index in [0.717, 1.165) is 11.3 Å². The molecule has 0 aliphatic heterocycles. The van der Waals surface area contributed by atoms with E-state index in [1.165, 1.54) is 6.33 Å². The lowest BCUT2D eigenvalue weighted by atomic mass is 10.1. The lowest BCUT2D eigenvalue weighted by Crippen LogP contribution is -2.16. The van der Waals surface area contributed by atoms with Crippen LogP contribution in [0.25, 0.3) is 0 Å². The van der Waals surface area contributed by atoms with Gasteiger partial charge >= 0.3 is 0 Å². The first kappa shape index (κ1) is 12.2. The monoisotopic (exact) mass is 241 g/mol. The van der Waals surface area contributed by atoms with Crippen LogP contribution in [0.4, 0.5) is 5.69 Å². The van der Waals surface area contributed by atoms with Gasteiger partial charge in [-0.3, -0.25) is 4.79 Å². The lowest BCUT2D eigenvalue weighted by Gasteiger charge is -2.09. The molecule has 4 nitrogen and oxygen atoms in total. The summed E-state index contributed by atoms with van der Waals surface area (Å²) in [6.45, 7) is 5.59. The van der Waals surface area contributed by atoms with Crippen molar-refractivity contribution < 1.29 is 4.79 Å². The molecule has 1 N–H and O–H groups in total. The fourth-order valence-corrected chi connectivity index (χ4v) is 1.84. The summed E-state index contributed by atoms with van der Waals surface area (Å²) >= 11 is 0. The molecule has 0 atom stereocenters. The van der Waals surface area contributed by atoms with Gasteiger partial charge in [-0.2, -0.15) is 0 Å². The summed E-state index contributed by atoms with van der Waals surface area (Å²) in [4.78, 5) is 20.3. The largest absolute Gasteiger partial charge is 0.322 e. The summed E-state index contributed by atoms with van der Waals surface area (Å²) in [6, 6.07) is 7.68. The molecule has 0 saturated heterocycles. The van der Waals surface area contributed by atoms with Gasteiger partial charge in [-0.25, -0.2) is 9.97 Å². The summed E-state index contributed by atoms with van der Waals surface area (Å²) in [7, 11) is 0. The SMILES string of the molecule is Cc1cccc(NC(=O)c2c(C)ncnc2C)c1. The predicted octanol–water partition coefficient (Wildman–Crippen LogP) is 2.65.